The number of fused-ring (bicyclic) bond motifs is 1. The van der Waals surface area contributed by atoms with E-state index in [9.17, 15) is 4.79 Å². The van der Waals surface area contributed by atoms with Gasteiger partial charge >= 0.3 is 0 Å². The third kappa shape index (κ3) is 5.80. The first-order valence-electron chi connectivity index (χ1n) is 10.9. The summed E-state index contributed by atoms with van der Waals surface area (Å²) in [6.45, 7) is 13.9. The molecule has 32 heavy (non-hydrogen) atoms. The molecule has 0 saturated heterocycles. The van der Waals surface area contributed by atoms with Crippen molar-refractivity contribution in [3.8, 4) is 5.75 Å². The largest absolute Gasteiger partial charge is 0.494 e. The second-order valence-corrected chi connectivity index (χ2v) is 8.92. The van der Waals surface area contributed by atoms with E-state index in [1.54, 1.807) is 18.4 Å². The molecule has 0 atom stereocenters. The van der Waals surface area contributed by atoms with Crippen molar-refractivity contribution in [2.75, 3.05) is 38.2 Å². The molecule has 3 aromatic rings. The van der Waals surface area contributed by atoms with Crippen LogP contribution in [0.25, 0.3) is 10.2 Å². The fourth-order valence-corrected chi connectivity index (χ4v) is 4.83. The molecule has 174 valence electrons. The summed E-state index contributed by atoms with van der Waals surface area (Å²) in [4.78, 5) is 22.6. The van der Waals surface area contributed by atoms with Gasteiger partial charge in [-0.2, -0.15) is 0 Å². The summed E-state index contributed by atoms with van der Waals surface area (Å²) in [7, 11) is 1.66. The summed E-state index contributed by atoms with van der Waals surface area (Å²) in [6, 6.07) is 10.3. The Hall–Kier alpha value is -2.15. The van der Waals surface area contributed by atoms with Gasteiger partial charge in [0.25, 0.3) is 0 Å². The van der Waals surface area contributed by atoms with Crippen molar-refractivity contribution in [1.82, 2.24) is 9.88 Å². The minimum absolute atomic E-state index is 0. The van der Waals surface area contributed by atoms with Gasteiger partial charge in [-0.05, 0) is 56.6 Å². The Morgan fingerprint density at radius 1 is 1.03 bits per heavy atom. The summed E-state index contributed by atoms with van der Waals surface area (Å²) in [5, 5.41) is 0.741. The Kier molecular flexibility index (Phi) is 9.49. The average molecular weight is 476 g/mol. The number of carbonyl (C=O) groups excluding carboxylic acids is 1. The summed E-state index contributed by atoms with van der Waals surface area (Å²) in [6.07, 6.45) is 0.373. The lowest BCUT2D eigenvalue weighted by Crippen LogP contribution is -2.39. The zero-order valence-electron chi connectivity index (χ0n) is 19.9. The van der Waals surface area contributed by atoms with Crippen LogP contribution >= 0.6 is 23.7 Å². The molecular formula is C25H34ClN3O2S. The minimum atomic E-state index is 0. The summed E-state index contributed by atoms with van der Waals surface area (Å²) in [5.41, 5.74) is 5.36. The summed E-state index contributed by atoms with van der Waals surface area (Å²) < 4.78 is 6.60. The van der Waals surface area contributed by atoms with E-state index in [0.29, 0.717) is 13.0 Å². The fourth-order valence-electron chi connectivity index (χ4n) is 3.74. The van der Waals surface area contributed by atoms with Gasteiger partial charge < -0.3 is 9.64 Å². The lowest BCUT2D eigenvalue weighted by atomic mass is 10.0. The number of anilines is 1. The molecule has 3 rings (SSSR count). The van der Waals surface area contributed by atoms with E-state index in [1.807, 2.05) is 17.0 Å². The minimum Gasteiger partial charge on any atom is -0.494 e. The van der Waals surface area contributed by atoms with Gasteiger partial charge in [-0.3, -0.25) is 9.69 Å². The molecule has 0 aliphatic rings. The third-order valence-electron chi connectivity index (χ3n) is 5.82. The number of hydrogen-bond acceptors (Lipinski definition) is 5. The molecule has 1 heterocycles. The fraction of sp³-hybridized carbons (Fsp3) is 0.440. The van der Waals surface area contributed by atoms with Crippen molar-refractivity contribution < 1.29 is 9.53 Å². The highest BCUT2D eigenvalue weighted by Gasteiger charge is 2.23. The van der Waals surface area contributed by atoms with Crippen LogP contribution in [0.5, 0.6) is 5.75 Å². The van der Waals surface area contributed by atoms with Crippen molar-refractivity contribution >= 4 is 45.0 Å². The normalized spacial score (nSPS) is 11.0. The van der Waals surface area contributed by atoms with Gasteiger partial charge in [0.2, 0.25) is 5.91 Å². The number of aromatic nitrogens is 1. The van der Waals surface area contributed by atoms with Crippen molar-refractivity contribution in [3.05, 3.63) is 52.6 Å². The van der Waals surface area contributed by atoms with Crippen LogP contribution < -0.4 is 9.64 Å². The smallest absolute Gasteiger partial charge is 0.233 e. The predicted octanol–water partition coefficient (Wildman–Crippen LogP) is 5.57. The van der Waals surface area contributed by atoms with Gasteiger partial charge in [-0.15, -0.1) is 12.4 Å². The van der Waals surface area contributed by atoms with E-state index in [-0.39, 0.29) is 18.3 Å². The molecular weight excluding hydrogens is 442 g/mol. The molecule has 5 nitrogen and oxygen atoms in total. The molecule has 0 aliphatic carbocycles. The maximum Gasteiger partial charge on any atom is 0.233 e. The van der Waals surface area contributed by atoms with E-state index in [1.165, 1.54) is 5.56 Å². The van der Waals surface area contributed by atoms with Gasteiger partial charge in [0.1, 0.15) is 11.3 Å². The SMILES string of the molecule is CCN(CC)CCN(C(=O)Cc1cc(C)ccc1C)c1nc2c(OC)ccc(C)c2s1.Cl. The summed E-state index contributed by atoms with van der Waals surface area (Å²) in [5.74, 6) is 0.824. The average Bonchev–Trinajstić information content (AvgIpc) is 3.20. The highest BCUT2D eigenvalue weighted by molar-refractivity contribution is 7.22. The maximum absolute atomic E-state index is 13.5. The zero-order valence-corrected chi connectivity index (χ0v) is 21.5. The Morgan fingerprint density at radius 2 is 1.72 bits per heavy atom. The maximum atomic E-state index is 13.5. The number of benzene rings is 2. The van der Waals surface area contributed by atoms with Crippen LogP contribution in [0.3, 0.4) is 0 Å². The van der Waals surface area contributed by atoms with Crippen LogP contribution in [0.15, 0.2) is 30.3 Å². The van der Waals surface area contributed by atoms with Gasteiger partial charge in [0, 0.05) is 13.1 Å². The van der Waals surface area contributed by atoms with E-state index < -0.39 is 0 Å². The van der Waals surface area contributed by atoms with Gasteiger partial charge in [-0.1, -0.05) is 55.0 Å². The monoisotopic (exact) mass is 475 g/mol. The van der Waals surface area contributed by atoms with Crippen molar-refractivity contribution in [1.29, 1.82) is 0 Å². The van der Waals surface area contributed by atoms with Crippen LogP contribution in [0.2, 0.25) is 0 Å². The number of aryl methyl sites for hydroxylation is 3. The van der Waals surface area contributed by atoms with Gasteiger partial charge in [0.15, 0.2) is 5.13 Å². The molecule has 1 amide bonds. The zero-order chi connectivity index (χ0) is 22.5. The molecule has 0 radical (unpaired) electrons. The molecule has 0 unspecified atom stereocenters. The van der Waals surface area contributed by atoms with E-state index in [2.05, 4.69) is 57.7 Å². The first-order chi connectivity index (χ1) is 14.9. The highest BCUT2D eigenvalue weighted by atomic mass is 35.5. The van der Waals surface area contributed by atoms with Crippen molar-refractivity contribution in [2.24, 2.45) is 0 Å². The topological polar surface area (TPSA) is 45.7 Å². The van der Waals surface area contributed by atoms with Crippen LogP contribution in [0, 0.1) is 20.8 Å². The number of carbonyl (C=O) groups is 1. The number of ether oxygens (including phenoxy) is 1. The van der Waals surface area contributed by atoms with Crippen molar-refractivity contribution in [3.63, 3.8) is 0 Å². The first-order valence-corrected chi connectivity index (χ1v) is 11.7. The molecule has 0 spiro atoms. The lowest BCUT2D eigenvalue weighted by Gasteiger charge is -2.25. The number of thiazole rings is 1. The molecule has 0 saturated carbocycles. The quantitative estimate of drug-likeness (QED) is 0.406. The van der Waals surface area contributed by atoms with E-state index in [4.69, 9.17) is 9.72 Å². The first kappa shape index (κ1) is 26.1. The van der Waals surface area contributed by atoms with Crippen LogP contribution in [0.1, 0.15) is 36.1 Å². The highest BCUT2D eigenvalue weighted by Crippen LogP contribution is 2.36. The number of amides is 1. The Balaban J connectivity index is 0.00000363. The molecule has 0 N–H and O–H groups in total. The van der Waals surface area contributed by atoms with Crippen LogP contribution in [0.4, 0.5) is 5.13 Å². The number of hydrogen-bond donors (Lipinski definition) is 0. The number of halogens is 1. The van der Waals surface area contributed by atoms with Crippen LogP contribution in [-0.4, -0.2) is 49.1 Å². The predicted molar refractivity (Wildman–Crippen MR) is 138 cm³/mol. The molecule has 0 bridgehead atoms. The molecule has 2 aromatic carbocycles. The summed E-state index contributed by atoms with van der Waals surface area (Å²) >= 11 is 1.57. The Bertz CT molecular complexity index is 1060. The Labute approximate surface area is 201 Å². The molecule has 7 heteroatoms. The van der Waals surface area contributed by atoms with Crippen LogP contribution in [-0.2, 0) is 11.2 Å². The third-order valence-corrected chi connectivity index (χ3v) is 7.04. The van der Waals surface area contributed by atoms with E-state index >= 15 is 0 Å². The van der Waals surface area contributed by atoms with Gasteiger partial charge in [0.05, 0.1) is 18.2 Å². The van der Waals surface area contributed by atoms with E-state index in [0.717, 1.165) is 57.4 Å². The number of nitrogens with zero attached hydrogens (tertiary/aromatic N) is 3. The van der Waals surface area contributed by atoms with Gasteiger partial charge in [-0.25, -0.2) is 4.98 Å². The molecule has 0 fully saturated rings. The second-order valence-electron chi connectivity index (χ2n) is 7.94. The molecule has 0 aliphatic heterocycles. The standard InChI is InChI=1S/C25H33N3O2S.ClH/c1-7-27(8-2)13-14-28(22(29)16-20-15-17(3)9-10-18(20)4)25-26-23-21(30-6)12-11-19(5)24(23)31-25;/h9-12,15H,7-8,13-14,16H2,1-6H3;1H. The number of methoxy groups -OCH3 is 1. The Morgan fingerprint density at radius 3 is 2.38 bits per heavy atom. The number of rotatable bonds is 9. The second kappa shape index (κ2) is 11.6. The van der Waals surface area contributed by atoms with Crippen molar-refractivity contribution in [2.45, 2.75) is 41.0 Å². The molecule has 1 aromatic heterocycles. The lowest BCUT2D eigenvalue weighted by molar-refractivity contribution is -0.118. The number of likely N-dealkylation sites (N-methyl/N-ethyl adjacent to an activating group) is 1.